The van der Waals surface area contributed by atoms with E-state index in [1.54, 1.807) is 12.5 Å². The summed E-state index contributed by atoms with van der Waals surface area (Å²) >= 11 is 0. The Morgan fingerprint density at radius 1 is 1.09 bits per heavy atom. The molecular formula is C28H37N3O2. The number of rotatable bonds is 13. The van der Waals surface area contributed by atoms with E-state index in [1.807, 2.05) is 28.8 Å². The number of ether oxygens (including phenoxy) is 1. The molecule has 1 amide bonds. The first kappa shape index (κ1) is 24.7. The minimum atomic E-state index is -0.120. The number of carbonyl (C=O) groups excluding carboxylic acids is 1. The Morgan fingerprint density at radius 2 is 1.88 bits per heavy atom. The van der Waals surface area contributed by atoms with Gasteiger partial charge < -0.3 is 10.1 Å². The van der Waals surface area contributed by atoms with Gasteiger partial charge in [-0.3, -0.25) is 9.36 Å². The van der Waals surface area contributed by atoms with Crippen LogP contribution in [0.5, 0.6) is 0 Å². The minimum absolute atomic E-state index is 0.120. The van der Waals surface area contributed by atoms with E-state index in [-0.39, 0.29) is 5.91 Å². The molecule has 1 heterocycles. The Balaban J connectivity index is 1.50. The van der Waals surface area contributed by atoms with Crippen LogP contribution in [0.25, 0.3) is 16.8 Å². The number of benzene rings is 2. The van der Waals surface area contributed by atoms with Crippen molar-refractivity contribution in [2.45, 2.75) is 52.9 Å². The molecule has 3 rings (SSSR count). The summed E-state index contributed by atoms with van der Waals surface area (Å²) in [6.07, 6.45) is 8.99. The van der Waals surface area contributed by atoms with Crippen LogP contribution in [0.2, 0.25) is 0 Å². The average Bonchev–Trinajstić information content (AvgIpc) is 3.33. The third kappa shape index (κ3) is 7.03. The fourth-order valence-corrected chi connectivity index (χ4v) is 3.98. The fourth-order valence-electron chi connectivity index (χ4n) is 3.98. The van der Waals surface area contributed by atoms with Gasteiger partial charge in [0.25, 0.3) is 5.91 Å². The van der Waals surface area contributed by atoms with Crippen molar-refractivity contribution >= 4 is 5.91 Å². The van der Waals surface area contributed by atoms with Gasteiger partial charge in [0.05, 0.1) is 12.5 Å². The Morgan fingerprint density at radius 3 is 2.61 bits per heavy atom. The highest BCUT2D eigenvalue weighted by Crippen LogP contribution is 2.24. The summed E-state index contributed by atoms with van der Waals surface area (Å²) in [6, 6.07) is 16.5. The van der Waals surface area contributed by atoms with Gasteiger partial charge in [-0.15, -0.1) is 0 Å². The molecule has 0 bridgehead atoms. The monoisotopic (exact) mass is 447 g/mol. The van der Waals surface area contributed by atoms with Crippen molar-refractivity contribution in [3.8, 4) is 16.8 Å². The van der Waals surface area contributed by atoms with E-state index >= 15 is 0 Å². The molecule has 33 heavy (non-hydrogen) atoms. The quantitative estimate of drug-likeness (QED) is 0.317. The van der Waals surface area contributed by atoms with E-state index in [9.17, 15) is 4.79 Å². The molecule has 0 aliphatic carbocycles. The van der Waals surface area contributed by atoms with Gasteiger partial charge in [-0.1, -0.05) is 69.5 Å². The molecule has 0 aliphatic rings. The van der Waals surface area contributed by atoms with Crippen LogP contribution in [-0.4, -0.2) is 35.2 Å². The van der Waals surface area contributed by atoms with Gasteiger partial charge in [-0.2, -0.15) is 0 Å². The molecule has 1 N–H and O–H groups in total. The van der Waals surface area contributed by atoms with Crippen molar-refractivity contribution in [3.63, 3.8) is 0 Å². The van der Waals surface area contributed by atoms with Gasteiger partial charge in [-0.05, 0) is 54.5 Å². The third-order valence-corrected chi connectivity index (χ3v) is 6.12. The summed E-state index contributed by atoms with van der Waals surface area (Å²) in [5.41, 5.74) is 5.05. The lowest BCUT2D eigenvalue weighted by atomic mass is 10.0. The summed E-state index contributed by atoms with van der Waals surface area (Å²) in [7, 11) is 0. The normalized spacial score (nSPS) is 12.0. The third-order valence-electron chi connectivity index (χ3n) is 6.12. The zero-order chi connectivity index (χ0) is 23.5. The Bertz CT molecular complexity index is 994. The molecule has 0 saturated heterocycles. The standard InChI is InChI=1S/C28H37N3O2/c1-4-6-11-23(5-2)20-33-18-9-17-30-28(32)27-19-29-21-31(27)25-15-13-24(14-16-25)26-12-8-7-10-22(26)3/h7-8,10,12-16,19,21,23H,4-6,9,11,17-18,20H2,1-3H3,(H,30,32). The number of aromatic nitrogens is 2. The lowest BCUT2D eigenvalue weighted by Gasteiger charge is -2.14. The lowest BCUT2D eigenvalue weighted by molar-refractivity contribution is 0.0872. The van der Waals surface area contributed by atoms with Crippen molar-refractivity contribution < 1.29 is 9.53 Å². The first-order valence-electron chi connectivity index (χ1n) is 12.2. The van der Waals surface area contributed by atoms with E-state index in [1.165, 1.54) is 30.4 Å². The molecule has 1 unspecified atom stereocenters. The number of aryl methyl sites for hydroxylation is 1. The number of nitrogens with one attached hydrogen (secondary N) is 1. The number of carbonyl (C=O) groups is 1. The smallest absolute Gasteiger partial charge is 0.269 e. The highest BCUT2D eigenvalue weighted by molar-refractivity contribution is 5.93. The molecule has 5 heteroatoms. The molecular weight excluding hydrogens is 410 g/mol. The molecule has 3 aromatic rings. The Labute approximate surface area is 198 Å². The molecule has 0 saturated carbocycles. The molecule has 0 fully saturated rings. The number of unbranched alkanes of at least 4 members (excludes halogenated alkanes) is 1. The summed E-state index contributed by atoms with van der Waals surface area (Å²) < 4.78 is 7.66. The van der Waals surface area contributed by atoms with E-state index < -0.39 is 0 Å². The fraction of sp³-hybridized carbons (Fsp3) is 0.429. The van der Waals surface area contributed by atoms with Crippen molar-refractivity contribution in [3.05, 3.63) is 72.3 Å². The summed E-state index contributed by atoms with van der Waals surface area (Å²) in [5.74, 6) is 0.524. The van der Waals surface area contributed by atoms with Crippen molar-refractivity contribution in [2.75, 3.05) is 19.8 Å². The maximum atomic E-state index is 12.7. The van der Waals surface area contributed by atoms with Crippen molar-refractivity contribution in [2.24, 2.45) is 5.92 Å². The van der Waals surface area contributed by atoms with Crippen LogP contribution in [-0.2, 0) is 4.74 Å². The lowest BCUT2D eigenvalue weighted by Crippen LogP contribution is -2.27. The number of hydrogen-bond acceptors (Lipinski definition) is 3. The van der Waals surface area contributed by atoms with Gasteiger partial charge in [0.2, 0.25) is 0 Å². The average molecular weight is 448 g/mol. The van der Waals surface area contributed by atoms with E-state index in [4.69, 9.17) is 4.74 Å². The maximum Gasteiger partial charge on any atom is 0.269 e. The molecule has 0 aliphatic heterocycles. The number of amides is 1. The van der Waals surface area contributed by atoms with E-state index in [2.05, 4.69) is 55.3 Å². The van der Waals surface area contributed by atoms with Gasteiger partial charge in [0, 0.05) is 25.4 Å². The zero-order valence-corrected chi connectivity index (χ0v) is 20.2. The van der Waals surface area contributed by atoms with Crippen LogP contribution in [0.15, 0.2) is 61.1 Å². The highest BCUT2D eigenvalue weighted by Gasteiger charge is 2.13. The number of hydrogen-bond donors (Lipinski definition) is 1. The van der Waals surface area contributed by atoms with Crippen LogP contribution in [0.3, 0.4) is 0 Å². The van der Waals surface area contributed by atoms with Crippen LogP contribution in [0, 0.1) is 12.8 Å². The van der Waals surface area contributed by atoms with Crippen molar-refractivity contribution in [1.29, 1.82) is 0 Å². The minimum Gasteiger partial charge on any atom is -0.381 e. The number of nitrogens with zero attached hydrogens (tertiary/aromatic N) is 2. The predicted octanol–water partition coefficient (Wildman–Crippen LogP) is 6.20. The molecule has 5 nitrogen and oxygen atoms in total. The second-order valence-corrected chi connectivity index (χ2v) is 8.61. The Hall–Kier alpha value is -2.92. The van der Waals surface area contributed by atoms with Crippen LogP contribution in [0.1, 0.15) is 62.0 Å². The summed E-state index contributed by atoms with van der Waals surface area (Å²) in [4.78, 5) is 16.9. The van der Waals surface area contributed by atoms with Crippen LogP contribution < -0.4 is 5.32 Å². The first-order valence-corrected chi connectivity index (χ1v) is 12.2. The molecule has 0 radical (unpaired) electrons. The molecule has 176 valence electrons. The van der Waals surface area contributed by atoms with E-state index in [0.717, 1.165) is 30.7 Å². The maximum absolute atomic E-state index is 12.7. The van der Waals surface area contributed by atoms with Crippen LogP contribution in [0.4, 0.5) is 0 Å². The van der Waals surface area contributed by atoms with Gasteiger partial charge >= 0.3 is 0 Å². The summed E-state index contributed by atoms with van der Waals surface area (Å²) in [6.45, 7) is 8.63. The molecule has 1 atom stereocenters. The molecule has 2 aromatic carbocycles. The molecule has 0 spiro atoms. The highest BCUT2D eigenvalue weighted by atomic mass is 16.5. The second kappa shape index (κ2) is 12.9. The van der Waals surface area contributed by atoms with E-state index in [0.29, 0.717) is 24.8 Å². The topological polar surface area (TPSA) is 56.1 Å². The number of imidazole rings is 1. The van der Waals surface area contributed by atoms with Crippen molar-refractivity contribution in [1.82, 2.24) is 14.9 Å². The van der Waals surface area contributed by atoms with Gasteiger partial charge in [0.1, 0.15) is 5.69 Å². The zero-order valence-electron chi connectivity index (χ0n) is 20.2. The Kier molecular flexibility index (Phi) is 9.70. The van der Waals surface area contributed by atoms with Gasteiger partial charge in [-0.25, -0.2) is 4.98 Å². The SMILES string of the molecule is CCCCC(CC)COCCCNC(=O)c1cncn1-c1ccc(-c2ccccc2C)cc1. The summed E-state index contributed by atoms with van der Waals surface area (Å²) in [5, 5.41) is 3.00. The first-order chi connectivity index (χ1) is 16.1. The van der Waals surface area contributed by atoms with Gasteiger partial charge in [0.15, 0.2) is 0 Å². The van der Waals surface area contributed by atoms with Crippen LogP contribution >= 0.6 is 0 Å². The second-order valence-electron chi connectivity index (χ2n) is 8.61. The molecule has 1 aromatic heterocycles. The predicted molar refractivity (Wildman–Crippen MR) is 135 cm³/mol. The largest absolute Gasteiger partial charge is 0.381 e.